The molecular formula is C20H18BrF3N2O3. The highest BCUT2D eigenvalue weighted by Crippen LogP contribution is 2.44. The van der Waals surface area contributed by atoms with E-state index in [0.717, 1.165) is 10.0 Å². The number of benzene rings is 2. The largest absolute Gasteiger partial charge is 0.496 e. The SMILES string of the molecule is COc1cc(Br)ccc1[C@@H]1c2ccc3[nH]c(=O)oc3c2C[C@@H](C)N1CC(F)(F)F. The van der Waals surface area contributed by atoms with Gasteiger partial charge in [0, 0.05) is 21.6 Å². The first-order valence-electron chi connectivity index (χ1n) is 8.98. The molecule has 1 aliphatic heterocycles. The van der Waals surface area contributed by atoms with Gasteiger partial charge in [-0.2, -0.15) is 13.2 Å². The normalized spacial score (nSPS) is 20.1. The molecular weight excluding hydrogens is 453 g/mol. The minimum absolute atomic E-state index is 0.332. The molecule has 2 aromatic carbocycles. The van der Waals surface area contributed by atoms with Crippen LogP contribution in [0.5, 0.6) is 5.75 Å². The first-order valence-corrected chi connectivity index (χ1v) is 9.78. The number of nitrogens with one attached hydrogen (secondary N) is 1. The van der Waals surface area contributed by atoms with Gasteiger partial charge in [-0.05, 0) is 37.1 Å². The molecule has 0 amide bonds. The number of aromatic nitrogens is 1. The summed E-state index contributed by atoms with van der Waals surface area (Å²) < 4.78 is 51.9. The third-order valence-corrected chi connectivity index (χ3v) is 5.77. The molecule has 29 heavy (non-hydrogen) atoms. The van der Waals surface area contributed by atoms with Gasteiger partial charge >= 0.3 is 11.9 Å². The summed E-state index contributed by atoms with van der Waals surface area (Å²) in [5.41, 5.74) is 2.95. The van der Waals surface area contributed by atoms with Gasteiger partial charge in [0.25, 0.3) is 0 Å². The van der Waals surface area contributed by atoms with Crippen LogP contribution in [0.15, 0.2) is 44.0 Å². The lowest BCUT2D eigenvalue weighted by atomic mass is 9.84. The standard InChI is InChI=1S/C20H18BrF3N2O3/c1-10-7-14-12(5-6-15-18(14)29-19(27)25-15)17(26(10)9-20(22,23)24)13-4-3-11(21)8-16(13)28-2/h3-6,8,10,17H,7,9H2,1-2H3,(H,25,27)/t10-,17+/m1/s1. The van der Waals surface area contributed by atoms with Crippen LogP contribution in [0.4, 0.5) is 13.2 Å². The molecule has 154 valence electrons. The second kappa shape index (κ2) is 7.21. The van der Waals surface area contributed by atoms with E-state index >= 15 is 0 Å². The van der Waals surface area contributed by atoms with Crippen molar-refractivity contribution in [1.29, 1.82) is 0 Å². The quantitative estimate of drug-likeness (QED) is 0.597. The number of halogens is 4. The van der Waals surface area contributed by atoms with Crippen LogP contribution in [0.3, 0.4) is 0 Å². The molecule has 1 N–H and O–H groups in total. The van der Waals surface area contributed by atoms with Gasteiger partial charge in [-0.25, -0.2) is 4.79 Å². The maximum Gasteiger partial charge on any atom is 0.417 e. The lowest BCUT2D eigenvalue weighted by Gasteiger charge is -2.42. The zero-order valence-electron chi connectivity index (χ0n) is 15.6. The number of alkyl halides is 3. The molecule has 1 aromatic heterocycles. The maximum atomic E-state index is 13.4. The third-order valence-electron chi connectivity index (χ3n) is 5.27. The minimum Gasteiger partial charge on any atom is -0.496 e. The second-order valence-corrected chi connectivity index (χ2v) is 8.07. The number of hydrogen-bond donors (Lipinski definition) is 1. The number of aromatic amines is 1. The number of hydrogen-bond acceptors (Lipinski definition) is 4. The van der Waals surface area contributed by atoms with E-state index in [4.69, 9.17) is 9.15 Å². The smallest absolute Gasteiger partial charge is 0.417 e. The van der Waals surface area contributed by atoms with Crippen molar-refractivity contribution >= 4 is 27.0 Å². The van der Waals surface area contributed by atoms with E-state index in [-0.39, 0.29) is 0 Å². The number of nitrogens with zero attached hydrogens (tertiary/aromatic N) is 1. The summed E-state index contributed by atoms with van der Waals surface area (Å²) in [7, 11) is 1.49. The summed E-state index contributed by atoms with van der Waals surface area (Å²) in [6.45, 7) is 0.684. The fourth-order valence-electron chi connectivity index (χ4n) is 4.11. The Kier molecular flexibility index (Phi) is 4.98. The molecule has 1 aliphatic rings. The highest BCUT2D eigenvalue weighted by atomic mass is 79.9. The van der Waals surface area contributed by atoms with Crippen molar-refractivity contribution in [2.75, 3.05) is 13.7 Å². The van der Waals surface area contributed by atoms with Crippen molar-refractivity contribution in [3.8, 4) is 5.75 Å². The van der Waals surface area contributed by atoms with Crippen molar-refractivity contribution in [1.82, 2.24) is 9.88 Å². The van der Waals surface area contributed by atoms with Gasteiger partial charge in [0.15, 0.2) is 5.58 Å². The summed E-state index contributed by atoms with van der Waals surface area (Å²) in [5, 5.41) is 0. The fourth-order valence-corrected chi connectivity index (χ4v) is 4.45. The molecule has 0 radical (unpaired) electrons. The number of methoxy groups -OCH3 is 1. The zero-order chi connectivity index (χ0) is 20.9. The molecule has 9 heteroatoms. The zero-order valence-corrected chi connectivity index (χ0v) is 17.2. The van der Waals surface area contributed by atoms with Gasteiger partial charge < -0.3 is 9.15 Å². The second-order valence-electron chi connectivity index (χ2n) is 7.15. The van der Waals surface area contributed by atoms with Gasteiger partial charge in [0.1, 0.15) is 5.75 Å². The van der Waals surface area contributed by atoms with Crippen LogP contribution in [0.25, 0.3) is 11.1 Å². The number of fused-ring (bicyclic) bond motifs is 3. The number of oxazole rings is 1. The first kappa shape index (κ1) is 20.0. The molecule has 3 aromatic rings. The highest BCUT2D eigenvalue weighted by Gasteiger charge is 2.42. The van der Waals surface area contributed by atoms with E-state index in [2.05, 4.69) is 20.9 Å². The molecule has 0 saturated heterocycles. The Balaban J connectivity index is 1.97. The molecule has 0 saturated carbocycles. The number of ether oxygens (including phenoxy) is 1. The average Bonchev–Trinajstić information content (AvgIpc) is 3.02. The first-order chi connectivity index (χ1) is 13.7. The predicted octanol–water partition coefficient (Wildman–Crippen LogP) is 4.79. The van der Waals surface area contributed by atoms with Crippen molar-refractivity contribution in [3.63, 3.8) is 0 Å². The average molecular weight is 471 g/mol. The van der Waals surface area contributed by atoms with Crippen LogP contribution < -0.4 is 10.5 Å². The van der Waals surface area contributed by atoms with E-state index in [1.54, 1.807) is 37.3 Å². The summed E-state index contributed by atoms with van der Waals surface area (Å²) in [6, 6.07) is 7.54. The van der Waals surface area contributed by atoms with Crippen molar-refractivity contribution in [3.05, 3.63) is 62.0 Å². The Morgan fingerprint density at radius 1 is 1.28 bits per heavy atom. The molecule has 4 rings (SSSR count). The van der Waals surface area contributed by atoms with Crippen LogP contribution in [0, 0.1) is 0 Å². The van der Waals surface area contributed by atoms with E-state index < -0.39 is 30.6 Å². The van der Waals surface area contributed by atoms with Gasteiger partial charge in [0.05, 0.1) is 25.2 Å². The highest BCUT2D eigenvalue weighted by molar-refractivity contribution is 9.10. The van der Waals surface area contributed by atoms with E-state index in [1.165, 1.54) is 12.0 Å². The monoisotopic (exact) mass is 470 g/mol. The summed E-state index contributed by atoms with van der Waals surface area (Å²) >= 11 is 3.38. The Morgan fingerprint density at radius 2 is 2.00 bits per heavy atom. The summed E-state index contributed by atoms with van der Waals surface area (Å²) in [5.74, 6) is -0.108. The van der Waals surface area contributed by atoms with Crippen molar-refractivity contribution in [2.24, 2.45) is 0 Å². The molecule has 0 unspecified atom stereocenters. The number of H-pyrrole nitrogens is 1. The van der Waals surface area contributed by atoms with Crippen LogP contribution in [0.2, 0.25) is 0 Å². The summed E-state index contributed by atoms with van der Waals surface area (Å²) in [4.78, 5) is 15.7. The Labute approximate surface area is 172 Å². The van der Waals surface area contributed by atoms with Crippen LogP contribution >= 0.6 is 15.9 Å². The maximum absolute atomic E-state index is 13.4. The van der Waals surface area contributed by atoms with Gasteiger partial charge in [-0.1, -0.05) is 28.1 Å². The summed E-state index contributed by atoms with van der Waals surface area (Å²) in [6.07, 6.45) is -4.03. The van der Waals surface area contributed by atoms with Crippen LogP contribution in [-0.4, -0.2) is 35.8 Å². The molecule has 2 heterocycles. The number of rotatable bonds is 3. The van der Waals surface area contributed by atoms with Gasteiger partial charge in [-0.15, -0.1) is 0 Å². The van der Waals surface area contributed by atoms with E-state index in [9.17, 15) is 18.0 Å². The van der Waals surface area contributed by atoms with Crippen LogP contribution in [0.1, 0.15) is 29.7 Å². The van der Waals surface area contributed by atoms with E-state index in [0.29, 0.717) is 34.4 Å². The lowest BCUT2D eigenvalue weighted by molar-refractivity contribution is -0.155. The predicted molar refractivity (Wildman–Crippen MR) is 105 cm³/mol. The molecule has 5 nitrogen and oxygen atoms in total. The van der Waals surface area contributed by atoms with Crippen LogP contribution in [-0.2, 0) is 6.42 Å². The molecule has 0 bridgehead atoms. The molecule has 0 fully saturated rings. The molecule has 0 spiro atoms. The minimum atomic E-state index is -4.36. The topological polar surface area (TPSA) is 58.5 Å². The lowest BCUT2D eigenvalue weighted by Crippen LogP contribution is -2.47. The Morgan fingerprint density at radius 3 is 2.69 bits per heavy atom. The molecule has 0 aliphatic carbocycles. The Bertz CT molecular complexity index is 1120. The van der Waals surface area contributed by atoms with Gasteiger partial charge in [-0.3, -0.25) is 9.88 Å². The Hall–Kier alpha value is -2.26. The van der Waals surface area contributed by atoms with Crippen molar-refractivity contribution < 1.29 is 22.3 Å². The van der Waals surface area contributed by atoms with E-state index in [1.807, 2.05) is 0 Å². The fraction of sp³-hybridized carbons (Fsp3) is 0.350. The third kappa shape index (κ3) is 3.69. The molecule has 2 atom stereocenters. The van der Waals surface area contributed by atoms with Crippen molar-refractivity contribution in [2.45, 2.75) is 31.6 Å². The van der Waals surface area contributed by atoms with Gasteiger partial charge in [0.2, 0.25) is 0 Å².